The quantitative estimate of drug-likeness (QED) is 0.558. The molecule has 1 aliphatic carbocycles. The number of ketones is 1. The van der Waals surface area contributed by atoms with Crippen LogP contribution < -0.4 is 10.5 Å². The maximum Gasteiger partial charge on any atom is 0.205 e. The molecular weight excluding hydrogens is 466 g/mol. The van der Waals surface area contributed by atoms with Crippen molar-refractivity contribution in [1.29, 1.82) is 5.26 Å². The van der Waals surface area contributed by atoms with Crippen LogP contribution in [0.25, 0.3) is 0 Å². The van der Waals surface area contributed by atoms with Crippen molar-refractivity contribution in [2.45, 2.75) is 39.2 Å². The van der Waals surface area contributed by atoms with Crippen LogP contribution in [-0.2, 0) is 16.1 Å². The second-order valence-corrected chi connectivity index (χ2v) is 9.75. The number of nitrogens with zero attached hydrogens (tertiary/aromatic N) is 1. The largest absolute Gasteiger partial charge is 0.486 e. The molecule has 33 heavy (non-hydrogen) atoms. The zero-order valence-electron chi connectivity index (χ0n) is 18.0. The monoisotopic (exact) mass is 486 g/mol. The Bertz CT molecular complexity index is 1220. The fourth-order valence-corrected chi connectivity index (χ4v) is 4.85. The van der Waals surface area contributed by atoms with Gasteiger partial charge in [-0.1, -0.05) is 49.2 Å². The summed E-state index contributed by atoms with van der Waals surface area (Å²) in [6.07, 6.45) is 0.842. The Morgan fingerprint density at radius 3 is 2.45 bits per heavy atom. The highest BCUT2D eigenvalue weighted by Gasteiger charge is 2.43. The van der Waals surface area contributed by atoms with Crippen LogP contribution in [0, 0.1) is 22.6 Å². The van der Waals surface area contributed by atoms with E-state index in [1.165, 1.54) is 12.1 Å². The van der Waals surface area contributed by atoms with Crippen molar-refractivity contribution < 1.29 is 18.7 Å². The van der Waals surface area contributed by atoms with E-state index in [1.807, 2.05) is 13.8 Å². The maximum absolute atomic E-state index is 13.1. The first-order valence-electron chi connectivity index (χ1n) is 10.3. The number of nitriles is 1. The first kappa shape index (κ1) is 23.2. The molecule has 8 heteroatoms. The molecule has 1 unspecified atom stereocenters. The molecule has 0 fully saturated rings. The van der Waals surface area contributed by atoms with Gasteiger partial charge in [0.1, 0.15) is 29.8 Å². The number of hydrogen-bond acceptors (Lipinski definition) is 5. The number of nitrogens with two attached hydrogens (primary N) is 1. The van der Waals surface area contributed by atoms with Gasteiger partial charge in [-0.3, -0.25) is 4.79 Å². The van der Waals surface area contributed by atoms with Crippen LogP contribution in [0.4, 0.5) is 4.39 Å². The lowest BCUT2D eigenvalue weighted by Crippen LogP contribution is -2.33. The minimum Gasteiger partial charge on any atom is -0.486 e. The summed E-state index contributed by atoms with van der Waals surface area (Å²) in [6, 6.07) is 11.2. The van der Waals surface area contributed by atoms with Crippen molar-refractivity contribution in [1.82, 2.24) is 0 Å². The van der Waals surface area contributed by atoms with E-state index in [-0.39, 0.29) is 50.9 Å². The Kier molecular flexibility index (Phi) is 6.13. The molecule has 0 saturated heterocycles. The van der Waals surface area contributed by atoms with Crippen LogP contribution >= 0.6 is 23.2 Å². The lowest BCUT2D eigenvalue weighted by atomic mass is 9.70. The van der Waals surface area contributed by atoms with Gasteiger partial charge in [0.05, 0.1) is 16.0 Å². The van der Waals surface area contributed by atoms with Gasteiger partial charge in [-0.25, -0.2) is 4.39 Å². The number of ether oxygens (including phenoxy) is 2. The lowest BCUT2D eigenvalue weighted by molar-refractivity contribution is -0.119. The van der Waals surface area contributed by atoms with Crippen molar-refractivity contribution in [3.05, 3.63) is 86.2 Å². The van der Waals surface area contributed by atoms with Crippen LogP contribution in [0.1, 0.15) is 43.7 Å². The standard InChI is InChI=1S/C25H21Cl2FN2O3/c1-25(2)9-19(31)22-20(10-25)33-24(30)16(11-29)21(22)14-7-17(26)23(18(27)8-14)32-12-13-3-5-15(28)6-4-13/h3-8,21H,9-10,12,30H2,1-2H3. The molecule has 2 aromatic rings. The topological polar surface area (TPSA) is 85.3 Å². The van der Waals surface area contributed by atoms with E-state index in [2.05, 4.69) is 6.07 Å². The number of benzene rings is 2. The summed E-state index contributed by atoms with van der Waals surface area (Å²) in [7, 11) is 0. The van der Waals surface area contributed by atoms with Gasteiger partial charge >= 0.3 is 0 Å². The van der Waals surface area contributed by atoms with Crippen molar-refractivity contribution in [2.24, 2.45) is 11.1 Å². The Morgan fingerprint density at radius 1 is 1.21 bits per heavy atom. The van der Waals surface area contributed by atoms with E-state index in [0.29, 0.717) is 29.7 Å². The fraction of sp³-hybridized carbons (Fsp3) is 0.280. The lowest BCUT2D eigenvalue weighted by Gasteiger charge is -2.37. The average Bonchev–Trinajstić information content (AvgIpc) is 2.72. The molecule has 2 aromatic carbocycles. The summed E-state index contributed by atoms with van der Waals surface area (Å²) in [4.78, 5) is 13.1. The second kappa shape index (κ2) is 8.74. The first-order valence-corrected chi connectivity index (χ1v) is 11.1. The molecule has 2 N–H and O–H groups in total. The molecule has 2 aliphatic rings. The van der Waals surface area contributed by atoms with Gasteiger partial charge in [0.15, 0.2) is 11.5 Å². The molecule has 0 bridgehead atoms. The minimum absolute atomic E-state index is 0.0318. The maximum atomic E-state index is 13.1. The Balaban J connectivity index is 1.71. The van der Waals surface area contributed by atoms with Gasteiger partial charge in [0, 0.05) is 18.4 Å². The third-order valence-corrected chi connectivity index (χ3v) is 6.29. The normalized spacial score (nSPS) is 19.6. The number of hydrogen-bond donors (Lipinski definition) is 1. The summed E-state index contributed by atoms with van der Waals surface area (Å²) in [6.45, 7) is 4.09. The van der Waals surface area contributed by atoms with Crippen molar-refractivity contribution >= 4 is 29.0 Å². The number of rotatable bonds is 4. The summed E-state index contributed by atoms with van der Waals surface area (Å²) in [5.74, 6) is -0.485. The Morgan fingerprint density at radius 2 is 1.85 bits per heavy atom. The molecule has 5 nitrogen and oxygen atoms in total. The predicted octanol–water partition coefficient (Wildman–Crippen LogP) is 6.16. The van der Waals surface area contributed by atoms with Crippen LogP contribution in [0.15, 0.2) is 59.2 Å². The van der Waals surface area contributed by atoms with Crippen molar-refractivity contribution in [2.75, 3.05) is 0 Å². The molecule has 1 heterocycles. The van der Waals surface area contributed by atoms with Gasteiger partial charge < -0.3 is 15.2 Å². The number of carbonyl (C=O) groups is 1. The SMILES string of the molecule is CC1(C)CC(=O)C2=C(C1)OC(N)=C(C#N)C2c1cc(Cl)c(OCc2ccc(F)cc2)c(Cl)c1. The zero-order valence-corrected chi connectivity index (χ0v) is 19.6. The molecule has 0 saturated carbocycles. The smallest absolute Gasteiger partial charge is 0.205 e. The molecule has 0 spiro atoms. The molecule has 0 amide bonds. The molecule has 170 valence electrons. The summed E-state index contributed by atoms with van der Waals surface area (Å²) in [5.41, 5.74) is 7.61. The van der Waals surface area contributed by atoms with Gasteiger partial charge in [0.2, 0.25) is 5.88 Å². The van der Waals surface area contributed by atoms with Gasteiger partial charge in [0.25, 0.3) is 0 Å². The molecule has 4 rings (SSSR count). The Hall–Kier alpha value is -3.01. The third kappa shape index (κ3) is 4.57. The molecular formula is C25H21Cl2FN2O3. The minimum atomic E-state index is -0.733. The van der Waals surface area contributed by atoms with Crippen molar-refractivity contribution in [3.8, 4) is 11.8 Å². The van der Waals surface area contributed by atoms with Gasteiger partial charge in [-0.2, -0.15) is 5.26 Å². The Labute approximate surface area is 201 Å². The number of halogens is 3. The average molecular weight is 487 g/mol. The number of allylic oxidation sites excluding steroid dienone is 3. The summed E-state index contributed by atoms with van der Waals surface area (Å²) in [5, 5.41) is 10.2. The first-order chi connectivity index (χ1) is 15.6. The van der Waals surface area contributed by atoms with E-state index in [4.69, 9.17) is 38.4 Å². The molecule has 1 atom stereocenters. The summed E-state index contributed by atoms with van der Waals surface area (Å²) < 4.78 is 24.6. The van der Waals surface area contributed by atoms with E-state index in [0.717, 1.165) is 5.56 Å². The van der Waals surface area contributed by atoms with Gasteiger partial charge in [-0.05, 0) is 40.8 Å². The van der Waals surface area contributed by atoms with E-state index in [9.17, 15) is 14.4 Å². The van der Waals surface area contributed by atoms with Crippen LogP contribution in [0.2, 0.25) is 10.0 Å². The van der Waals surface area contributed by atoms with Crippen LogP contribution in [0.5, 0.6) is 5.75 Å². The fourth-order valence-electron chi connectivity index (χ4n) is 4.24. The highest BCUT2D eigenvalue weighted by molar-refractivity contribution is 6.37. The number of Topliss-reactive ketones (excluding diaryl/α,β-unsaturated/α-hetero) is 1. The molecule has 0 aromatic heterocycles. The second-order valence-electron chi connectivity index (χ2n) is 8.93. The van der Waals surface area contributed by atoms with Crippen LogP contribution in [-0.4, -0.2) is 5.78 Å². The zero-order chi connectivity index (χ0) is 23.9. The number of carbonyl (C=O) groups excluding carboxylic acids is 1. The van der Waals surface area contributed by atoms with Crippen LogP contribution in [0.3, 0.4) is 0 Å². The van der Waals surface area contributed by atoms with Crippen molar-refractivity contribution in [3.63, 3.8) is 0 Å². The highest BCUT2D eigenvalue weighted by Crippen LogP contribution is 2.49. The summed E-state index contributed by atoms with van der Waals surface area (Å²) >= 11 is 13.0. The van der Waals surface area contributed by atoms with E-state index < -0.39 is 5.92 Å². The van der Waals surface area contributed by atoms with E-state index >= 15 is 0 Å². The highest BCUT2D eigenvalue weighted by atomic mass is 35.5. The molecule has 0 radical (unpaired) electrons. The van der Waals surface area contributed by atoms with E-state index in [1.54, 1.807) is 24.3 Å². The predicted molar refractivity (Wildman–Crippen MR) is 123 cm³/mol. The third-order valence-electron chi connectivity index (χ3n) is 5.73. The molecule has 1 aliphatic heterocycles. The van der Waals surface area contributed by atoms with Gasteiger partial charge in [-0.15, -0.1) is 0 Å².